The Morgan fingerprint density at radius 2 is 2.05 bits per heavy atom. The third-order valence-corrected chi connectivity index (χ3v) is 5.49. The molecule has 2 aliphatic heterocycles. The Morgan fingerprint density at radius 3 is 2.89 bits per heavy atom. The van der Waals surface area contributed by atoms with E-state index in [2.05, 4.69) is 36.5 Å². The van der Waals surface area contributed by atoms with E-state index in [0.717, 1.165) is 19.1 Å². The molecule has 2 aliphatic rings. The van der Waals surface area contributed by atoms with Gasteiger partial charge in [0, 0.05) is 36.8 Å². The van der Waals surface area contributed by atoms with Crippen molar-refractivity contribution in [3.05, 3.63) is 35.4 Å². The second-order valence-electron chi connectivity index (χ2n) is 5.67. The van der Waals surface area contributed by atoms with Gasteiger partial charge in [0.05, 0.1) is 0 Å². The Bertz CT molecular complexity index is 417. The maximum absolute atomic E-state index is 5.46. The molecule has 0 aliphatic carbocycles. The van der Waals surface area contributed by atoms with Crippen LogP contribution in [0.5, 0.6) is 0 Å². The lowest BCUT2D eigenvalue weighted by Crippen LogP contribution is -2.40. The fourth-order valence-electron chi connectivity index (χ4n) is 3.19. The molecule has 19 heavy (non-hydrogen) atoms. The summed E-state index contributed by atoms with van der Waals surface area (Å²) in [6.45, 7) is 4.22. The summed E-state index contributed by atoms with van der Waals surface area (Å²) in [4.78, 5) is 0. The summed E-state index contributed by atoms with van der Waals surface area (Å²) in [5, 5.41) is 3.87. The second-order valence-corrected chi connectivity index (χ2v) is 6.70. The Hall–Kier alpha value is -0.510. The van der Waals surface area contributed by atoms with Crippen LogP contribution in [0.3, 0.4) is 0 Å². The molecule has 0 bridgehead atoms. The molecule has 0 radical (unpaired) electrons. The predicted molar refractivity (Wildman–Crippen MR) is 81.5 cm³/mol. The first kappa shape index (κ1) is 13.5. The van der Waals surface area contributed by atoms with Crippen molar-refractivity contribution in [1.29, 1.82) is 0 Å². The maximum Gasteiger partial charge on any atom is 0.0469 e. The molecule has 1 fully saturated rings. The predicted octanol–water partition coefficient (Wildman–Crippen LogP) is 3.38. The molecule has 2 nitrogen and oxygen atoms in total. The molecule has 2 unspecified atom stereocenters. The lowest BCUT2D eigenvalue weighted by atomic mass is 9.91. The number of hydrogen-bond acceptors (Lipinski definition) is 3. The van der Waals surface area contributed by atoms with Crippen molar-refractivity contribution in [3.8, 4) is 0 Å². The number of hydrogen-bond donors (Lipinski definition) is 1. The Labute approximate surface area is 120 Å². The molecule has 1 saturated heterocycles. The largest absolute Gasteiger partial charge is 0.381 e. The Kier molecular flexibility index (Phi) is 4.46. The van der Waals surface area contributed by atoms with Gasteiger partial charge in [-0.15, -0.1) is 0 Å². The zero-order valence-corrected chi connectivity index (χ0v) is 12.4. The molecular weight excluding hydrogens is 254 g/mol. The average Bonchev–Trinajstić information content (AvgIpc) is 2.48. The number of thioether (sulfide) groups is 1. The minimum Gasteiger partial charge on any atom is -0.381 e. The van der Waals surface area contributed by atoms with Crippen molar-refractivity contribution < 1.29 is 4.74 Å². The van der Waals surface area contributed by atoms with Crippen LogP contribution in [0.15, 0.2) is 24.3 Å². The molecule has 0 spiro atoms. The van der Waals surface area contributed by atoms with Crippen LogP contribution in [0.2, 0.25) is 0 Å². The van der Waals surface area contributed by atoms with Gasteiger partial charge in [-0.1, -0.05) is 24.3 Å². The van der Waals surface area contributed by atoms with Gasteiger partial charge in [0.1, 0.15) is 0 Å². The van der Waals surface area contributed by atoms with Gasteiger partial charge in [-0.05, 0) is 36.8 Å². The molecule has 3 heteroatoms. The van der Waals surface area contributed by atoms with Crippen LogP contribution >= 0.6 is 11.8 Å². The fraction of sp³-hybridized carbons (Fsp3) is 0.625. The normalized spacial score (nSPS) is 25.8. The van der Waals surface area contributed by atoms with Crippen molar-refractivity contribution in [2.24, 2.45) is 5.92 Å². The zero-order valence-electron chi connectivity index (χ0n) is 11.6. The molecule has 0 amide bonds. The summed E-state index contributed by atoms with van der Waals surface area (Å²) in [5.74, 6) is 3.14. The zero-order chi connectivity index (χ0) is 13.1. The molecule has 1 aromatic rings. The smallest absolute Gasteiger partial charge is 0.0469 e. The highest BCUT2D eigenvalue weighted by Crippen LogP contribution is 2.32. The van der Waals surface area contributed by atoms with Gasteiger partial charge < -0.3 is 10.1 Å². The van der Waals surface area contributed by atoms with Gasteiger partial charge in [0.2, 0.25) is 0 Å². The molecule has 0 aromatic heterocycles. The summed E-state index contributed by atoms with van der Waals surface area (Å²) >= 11 is 2.05. The Morgan fingerprint density at radius 1 is 1.26 bits per heavy atom. The number of nitrogens with one attached hydrogen (secondary N) is 1. The highest BCUT2D eigenvalue weighted by atomic mass is 32.2. The summed E-state index contributed by atoms with van der Waals surface area (Å²) in [7, 11) is 0. The fourth-order valence-corrected chi connectivity index (χ4v) is 4.30. The van der Waals surface area contributed by atoms with Crippen LogP contribution in [-0.2, 0) is 10.5 Å². The van der Waals surface area contributed by atoms with Crippen molar-refractivity contribution in [2.75, 3.05) is 19.0 Å². The van der Waals surface area contributed by atoms with E-state index in [1.807, 2.05) is 11.8 Å². The van der Waals surface area contributed by atoms with E-state index in [9.17, 15) is 0 Å². The van der Waals surface area contributed by atoms with E-state index >= 15 is 0 Å². The van der Waals surface area contributed by atoms with Gasteiger partial charge in [-0.3, -0.25) is 0 Å². The highest BCUT2D eigenvalue weighted by Gasteiger charge is 2.26. The first-order chi connectivity index (χ1) is 9.34. The van der Waals surface area contributed by atoms with E-state index in [-0.39, 0.29) is 0 Å². The maximum atomic E-state index is 5.46. The van der Waals surface area contributed by atoms with E-state index < -0.39 is 0 Å². The van der Waals surface area contributed by atoms with Crippen LogP contribution in [-0.4, -0.2) is 25.0 Å². The summed E-state index contributed by atoms with van der Waals surface area (Å²) < 4.78 is 5.46. The first-order valence-electron chi connectivity index (χ1n) is 7.34. The average molecular weight is 277 g/mol. The van der Waals surface area contributed by atoms with Crippen molar-refractivity contribution in [3.63, 3.8) is 0 Å². The monoisotopic (exact) mass is 277 g/mol. The minimum absolute atomic E-state index is 0.521. The number of rotatable bonds is 3. The number of fused-ring (bicyclic) bond motifs is 1. The van der Waals surface area contributed by atoms with Crippen LogP contribution < -0.4 is 5.32 Å². The molecule has 3 rings (SSSR count). The van der Waals surface area contributed by atoms with Gasteiger partial charge in [-0.25, -0.2) is 0 Å². The van der Waals surface area contributed by atoms with E-state index in [1.165, 1.54) is 35.5 Å². The third-order valence-electron chi connectivity index (χ3n) is 4.41. The summed E-state index contributed by atoms with van der Waals surface area (Å²) in [5.41, 5.74) is 3.02. The molecule has 1 aromatic carbocycles. The standard InChI is InChI=1S/C16H23NOS/c1-12(13-6-8-18-9-7-13)17-16-11-19-10-14-4-2-3-5-15(14)16/h2-5,12-13,16-17H,6-11H2,1H3. The topological polar surface area (TPSA) is 21.3 Å². The van der Waals surface area contributed by atoms with Gasteiger partial charge in [0.25, 0.3) is 0 Å². The molecular formula is C16H23NOS. The van der Waals surface area contributed by atoms with Crippen LogP contribution in [0.1, 0.15) is 36.9 Å². The van der Waals surface area contributed by atoms with Crippen LogP contribution in [0.4, 0.5) is 0 Å². The van der Waals surface area contributed by atoms with Gasteiger partial charge >= 0.3 is 0 Å². The molecule has 2 heterocycles. The quantitative estimate of drug-likeness (QED) is 0.915. The molecule has 104 valence electrons. The minimum atomic E-state index is 0.521. The number of ether oxygens (including phenoxy) is 1. The van der Waals surface area contributed by atoms with Crippen LogP contribution in [0, 0.1) is 5.92 Å². The van der Waals surface area contributed by atoms with Crippen molar-refractivity contribution in [2.45, 2.75) is 37.6 Å². The SMILES string of the molecule is CC(NC1CSCc2ccccc21)C1CCOCC1. The lowest BCUT2D eigenvalue weighted by Gasteiger charge is -2.34. The molecule has 0 saturated carbocycles. The van der Waals surface area contributed by atoms with Crippen molar-refractivity contribution >= 4 is 11.8 Å². The Balaban J connectivity index is 1.66. The summed E-state index contributed by atoms with van der Waals surface area (Å²) in [6.07, 6.45) is 2.41. The lowest BCUT2D eigenvalue weighted by molar-refractivity contribution is 0.0547. The van der Waals surface area contributed by atoms with E-state index in [1.54, 1.807) is 0 Å². The second kappa shape index (κ2) is 6.29. The molecule has 1 N–H and O–H groups in total. The number of benzene rings is 1. The van der Waals surface area contributed by atoms with E-state index in [0.29, 0.717) is 12.1 Å². The van der Waals surface area contributed by atoms with Gasteiger partial charge in [0.15, 0.2) is 0 Å². The highest BCUT2D eigenvalue weighted by molar-refractivity contribution is 7.98. The van der Waals surface area contributed by atoms with E-state index in [4.69, 9.17) is 4.74 Å². The van der Waals surface area contributed by atoms with Crippen LogP contribution in [0.25, 0.3) is 0 Å². The van der Waals surface area contributed by atoms with Gasteiger partial charge in [-0.2, -0.15) is 11.8 Å². The molecule has 2 atom stereocenters. The third kappa shape index (κ3) is 3.15. The van der Waals surface area contributed by atoms with Crippen molar-refractivity contribution in [1.82, 2.24) is 5.32 Å². The summed E-state index contributed by atoms with van der Waals surface area (Å²) in [6, 6.07) is 10.00. The first-order valence-corrected chi connectivity index (χ1v) is 8.49.